The van der Waals surface area contributed by atoms with Crippen molar-refractivity contribution in [3.63, 3.8) is 0 Å². The normalized spacial score (nSPS) is 15.4. The summed E-state index contributed by atoms with van der Waals surface area (Å²) < 4.78 is 5.31. The van der Waals surface area contributed by atoms with Crippen molar-refractivity contribution in [1.82, 2.24) is 9.97 Å². The largest absolute Gasteiger partial charge is 0.461 e. The van der Waals surface area contributed by atoms with Crippen molar-refractivity contribution in [2.45, 2.75) is 32.1 Å². The average molecular weight is 249 g/mol. The molecule has 0 saturated heterocycles. The smallest absolute Gasteiger partial charge is 0.197 e. The van der Waals surface area contributed by atoms with Gasteiger partial charge in [0.25, 0.3) is 0 Å². The summed E-state index contributed by atoms with van der Waals surface area (Å²) in [6.45, 7) is 0. The predicted molar refractivity (Wildman–Crippen MR) is 66.0 cm³/mol. The van der Waals surface area contributed by atoms with Crippen LogP contribution in [0, 0.1) is 0 Å². The van der Waals surface area contributed by atoms with Crippen molar-refractivity contribution in [1.29, 1.82) is 0 Å². The minimum atomic E-state index is 0.586. The maximum atomic E-state index is 6.24. The van der Waals surface area contributed by atoms with Gasteiger partial charge in [0, 0.05) is 11.3 Å². The molecule has 4 heteroatoms. The molecular weight excluding hydrogens is 236 g/mol. The van der Waals surface area contributed by atoms with Gasteiger partial charge in [0.15, 0.2) is 11.6 Å². The number of fused-ring (bicyclic) bond motifs is 1. The summed E-state index contributed by atoms with van der Waals surface area (Å²) >= 11 is 6.24. The van der Waals surface area contributed by atoms with Gasteiger partial charge >= 0.3 is 0 Å². The highest BCUT2D eigenvalue weighted by Crippen LogP contribution is 2.27. The third-order valence-electron chi connectivity index (χ3n) is 3.12. The second kappa shape index (κ2) is 4.49. The first-order valence-corrected chi connectivity index (χ1v) is 6.31. The number of furan rings is 1. The molecule has 2 aromatic heterocycles. The van der Waals surface area contributed by atoms with E-state index in [4.69, 9.17) is 16.0 Å². The number of aromatic nitrogens is 2. The van der Waals surface area contributed by atoms with Crippen LogP contribution in [0.3, 0.4) is 0 Å². The Morgan fingerprint density at radius 2 is 2.00 bits per heavy atom. The van der Waals surface area contributed by atoms with Gasteiger partial charge < -0.3 is 4.42 Å². The lowest BCUT2D eigenvalue weighted by Crippen LogP contribution is -2.01. The quantitative estimate of drug-likeness (QED) is 0.571. The van der Waals surface area contributed by atoms with Crippen molar-refractivity contribution < 1.29 is 4.42 Å². The van der Waals surface area contributed by atoms with Gasteiger partial charge in [-0.1, -0.05) is 18.0 Å². The molecule has 0 atom stereocenters. The Morgan fingerprint density at radius 3 is 2.82 bits per heavy atom. The molecule has 0 radical (unpaired) electrons. The topological polar surface area (TPSA) is 38.9 Å². The van der Waals surface area contributed by atoms with E-state index < -0.39 is 0 Å². The zero-order chi connectivity index (χ0) is 11.7. The molecule has 0 spiro atoms. The van der Waals surface area contributed by atoms with E-state index in [1.54, 1.807) is 6.26 Å². The standard InChI is InChI=1S/C13H13ClN2O/c14-12-9-5-2-1-3-6-10(9)15-13(16-12)11-7-4-8-17-11/h4,7-8H,1-3,5-6H2. The van der Waals surface area contributed by atoms with Gasteiger partial charge in [0.05, 0.1) is 6.26 Å². The van der Waals surface area contributed by atoms with E-state index in [1.807, 2.05) is 12.1 Å². The third-order valence-corrected chi connectivity index (χ3v) is 3.44. The summed E-state index contributed by atoms with van der Waals surface area (Å²) in [5.74, 6) is 1.28. The van der Waals surface area contributed by atoms with E-state index in [2.05, 4.69) is 9.97 Å². The van der Waals surface area contributed by atoms with Crippen LogP contribution in [0.15, 0.2) is 22.8 Å². The Balaban J connectivity index is 2.09. The Hall–Kier alpha value is -1.35. The van der Waals surface area contributed by atoms with Crippen molar-refractivity contribution in [3.8, 4) is 11.6 Å². The number of aryl methyl sites for hydroxylation is 1. The van der Waals surface area contributed by atoms with Gasteiger partial charge in [-0.15, -0.1) is 0 Å². The molecule has 1 aliphatic carbocycles. The van der Waals surface area contributed by atoms with E-state index in [0.717, 1.165) is 24.1 Å². The Kier molecular flexibility index (Phi) is 2.85. The summed E-state index contributed by atoms with van der Waals surface area (Å²) in [6, 6.07) is 3.69. The average Bonchev–Trinajstić information content (AvgIpc) is 2.75. The van der Waals surface area contributed by atoms with Crippen LogP contribution in [0.2, 0.25) is 5.15 Å². The second-order valence-corrected chi connectivity index (χ2v) is 4.66. The first-order chi connectivity index (χ1) is 8.34. The van der Waals surface area contributed by atoms with Crippen LogP contribution in [-0.4, -0.2) is 9.97 Å². The highest BCUT2D eigenvalue weighted by atomic mass is 35.5. The van der Waals surface area contributed by atoms with Crippen LogP contribution >= 0.6 is 11.6 Å². The van der Waals surface area contributed by atoms with Gasteiger partial charge in [-0.25, -0.2) is 9.97 Å². The number of nitrogens with zero attached hydrogens (tertiary/aromatic N) is 2. The van der Waals surface area contributed by atoms with E-state index in [1.165, 1.54) is 19.3 Å². The predicted octanol–water partition coefficient (Wildman–Crippen LogP) is 3.66. The summed E-state index contributed by atoms with van der Waals surface area (Å²) in [5, 5.41) is 0.586. The van der Waals surface area contributed by atoms with Gasteiger partial charge in [0.2, 0.25) is 0 Å². The van der Waals surface area contributed by atoms with Gasteiger partial charge in [0.1, 0.15) is 5.15 Å². The van der Waals surface area contributed by atoms with Crippen molar-refractivity contribution >= 4 is 11.6 Å². The monoisotopic (exact) mass is 248 g/mol. The zero-order valence-corrected chi connectivity index (χ0v) is 10.2. The minimum Gasteiger partial charge on any atom is -0.461 e. The van der Waals surface area contributed by atoms with E-state index >= 15 is 0 Å². The summed E-state index contributed by atoms with van der Waals surface area (Å²) in [7, 11) is 0. The third kappa shape index (κ3) is 2.07. The SMILES string of the molecule is Clc1nc(-c2ccco2)nc2c1CCCCC2. The van der Waals surface area contributed by atoms with Crippen LogP contribution in [0.4, 0.5) is 0 Å². The van der Waals surface area contributed by atoms with Crippen molar-refractivity contribution in [2.75, 3.05) is 0 Å². The van der Waals surface area contributed by atoms with Gasteiger partial charge in [-0.05, 0) is 37.8 Å². The van der Waals surface area contributed by atoms with Crippen molar-refractivity contribution in [2.24, 2.45) is 0 Å². The lowest BCUT2D eigenvalue weighted by molar-refractivity contribution is 0.576. The maximum Gasteiger partial charge on any atom is 0.197 e. The van der Waals surface area contributed by atoms with Crippen LogP contribution in [-0.2, 0) is 12.8 Å². The van der Waals surface area contributed by atoms with Gasteiger partial charge in [-0.3, -0.25) is 0 Å². The summed E-state index contributed by atoms with van der Waals surface area (Å²) in [5.41, 5.74) is 2.22. The molecule has 0 N–H and O–H groups in total. The van der Waals surface area contributed by atoms with E-state index in [0.29, 0.717) is 16.7 Å². The van der Waals surface area contributed by atoms with Crippen LogP contribution in [0.5, 0.6) is 0 Å². The molecule has 2 heterocycles. The zero-order valence-electron chi connectivity index (χ0n) is 9.45. The van der Waals surface area contributed by atoms with Crippen molar-refractivity contribution in [3.05, 3.63) is 34.8 Å². The van der Waals surface area contributed by atoms with Crippen LogP contribution in [0.25, 0.3) is 11.6 Å². The molecular formula is C13H13ClN2O. The van der Waals surface area contributed by atoms with Gasteiger partial charge in [-0.2, -0.15) is 0 Å². The molecule has 0 fully saturated rings. The fourth-order valence-corrected chi connectivity index (χ4v) is 2.52. The first kappa shape index (κ1) is 10.8. The Morgan fingerprint density at radius 1 is 1.12 bits per heavy atom. The Labute approximate surface area is 105 Å². The highest BCUT2D eigenvalue weighted by molar-refractivity contribution is 6.30. The van der Waals surface area contributed by atoms with Crippen LogP contribution < -0.4 is 0 Å². The molecule has 0 aromatic carbocycles. The highest BCUT2D eigenvalue weighted by Gasteiger charge is 2.17. The lowest BCUT2D eigenvalue weighted by atomic mass is 10.1. The molecule has 0 saturated carbocycles. The van der Waals surface area contributed by atoms with E-state index in [9.17, 15) is 0 Å². The molecule has 0 bridgehead atoms. The summed E-state index contributed by atoms with van der Waals surface area (Å²) in [4.78, 5) is 8.92. The molecule has 2 aromatic rings. The molecule has 17 heavy (non-hydrogen) atoms. The minimum absolute atomic E-state index is 0.586. The molecule has 3 nitrogen and oxygen atoms in total. The molecule has 3 rings (SSSR count). The maximum absolute atomic E-state index is 6.24. The Bertz CT molecular complexity index is 522. The number of hydrogen-bond donors (Lipinski definition) is 0. The molecule has 0 amide bonds. The molecule has 88 valence electrons. The second-order valence-electron chi connectivity index (χ2n) is 4.30. The lowest BCUT2D eigenvalue weighted by Gasteiger charge is -2.07. The summed E-state index contributed by atoms with van der Waals surface area (Å²) in [6.07, 6.45) is 7.20. The van der Waals surface area contributed by atoms with E-state index in [-0.39, 0.29) is 0 Å². The molecule has 0 aliphatic heterocycles. The molecule has 0 unspecified atom stereocenters. The fourth-order valence-electron chi connectivity index (χ4n) is 2.24. The number of hydrogen-bond acceptors (Lipinski definition) is 3. The fraction of sp³-hybridized carbons (Fsp3) is 0.385. The molecule has 1 aliphatic rings. The first-order valence-electron chi connectivity index (χ1n) is 5.94. The number of rotatable bonds is 1. The van der Waals surface area contributed by atoms with Crippen LogP contribution in [0.1, 0.15) is 30.5 Å². The number of halogens is 1.